The van der Waals surface area contributed by atoms with Gasteiger partial charge in [0.25, 0.3) is 0 Å². The summed E-state index contributed by atoms with van der Waals surface area (Å²) in [6, 6.07) is 0.500. The van der Waals surface area contributed by atoms with Gasteiger partial charge in [0.1, 0.15) is 0 Å². The number of aromatic nitrogens is 2. The van der Waals surface area contributed by atoms with Crippen molar-refractivity contribution >= 4 is 11.9 Å². The van der Waals surface area contributed by atoms with Crippen LogP contribution in [0.4, 0.5) is 0 Å². The minimum absolute atomic E-state index is 0.218. The molecule has 0 radical (unpaired) electrons. The molecule has 7 heteroatoms. The summed E-state index contributed by atoms with van der Waals surface area (Å²) in [5, 5.41) is 7.82. The zero-order valence-electron chi connectivity index (χ0n) is 14.5. The Balaban J connectivity index is 1.61. The monoisotopic (exact) mass is 318 g/mol. The summed E-state index contributed by atoms with van der Waals surface area (Å²) < 4.78 is 1.90. The van der Waals surface area contributed by atoms with Crippen LogP contribution in [-0.4, -0.2) is 64.2 Å². The lowest BCUT2D eigenvalue weighted by atomic mass is 10.2. The highest BCUT2D eigenvalue weighted by molar-refractivity contribution is 5.88. The molecule has 1 aliphatic carbocycles. The molecule has 0 aromatic carbocycles. The van der Waals surface area contributed by atoms with E-state index in [1.165, 1.54) is 5.56 Å². The highest BCUT2D eigenvalue weighted by atomic mass is 16.2. The normalized spacial score (nSPS) is 19.5. The molecule has 3 rings (SSSR count). The van der Waals surface area contributed by atoms with Gasteiger partial charge in [-0.05, 0) is 26.7 Å². The van der Waals surface area contributed by atoms with E-state index in [9.17, 15) is 4.79 Å². The van der Waals surface area contributed by atoms with Crippen molar-refractivity contribution in [1.29, 1.82) is 0 Å². The Hall–Kier alpha value is -2.05. The molecular formula is C16H26N6O. The summed E-state index contributed by atoms with van der Waals surface area (Å²) in [4.78, 5) is 20.7. The number of carbonyl (C=O) groups excluding carboxylic acids is 1. The molecule has 1 aromatic rings. The largest absolute Gasteiger partial charge is 0.352 e. The summed E-state index contributed by atoms with van der Waals surface area (Å²) in [5.74, 6) is 1.01. The first-order valence-electron chi connectivity index (χ1n) is 8.25. The van der Waals surface area contributed by atoms with E-state index in [1.807, 2.05) is 28.5 Å². The molecule has 0 bridgehead atoms. The molecule has 0 unspecified atom stereocenters. The summed E-state index contributed by atoms with van der Waals surface area (Å²) in [6.07, 6.45) is 2.33. The number of rotatable bonds is 3. The number of nitrogens with one attached hydrogen (secondary N) is 1. The van der Waals surface area contributed by atoms with Gasteiger partial charge in [-0.15, -0.1) is 0 Å². The number of nitrogens with zero attached hydrogens (tertiary/aromatic N) is 5. The van der Waals surface area contributed by atoms with Crippen LogP contribution in [0.5, 0.6) is 0 Å². The van der Waals surface area contributed by atoms with Crippen molar-refractivity contribution in [3.05, 3.63) is 17.0 Å². The molecule has 1 amide bonds. The Morgan fingerprint density at radius 3 is 2.61 bits per heavy atom. The van der Waals surface area contributed by atoms with E-state index >= 15 is 0 Å². The molecule has 7 nitrogen and oxygen atoms in total. The fourth-order valence-electron chi connectivity index (χ4n) is 3.21. The lowest BCUT2D eigenvalue weighted by Gasteiger charge is -2.36. The molecule has 0 atom stereocenters. The molecule has 2 aliphatic rings. The highest BCUT2D eigenvalue weighted by Crippen LogP contribution is 2.28. The lowest BCUT2D eigenvalue weighted by Crippen LogP contribution is -2.55. The van der Waals surface area contributed by atoms with Gasteiger partial charge in [-0.25, -0.2) is 0 Å². The van der Waals surface area contributed by atoms with Crippen LogP contribution in [0.15, 0.2) is 4.99 Å². The van der Waals surface area contributed by atoms with Crippen molar-refractivity contribution < 1.29 is 4.79 Å². The van der Waals surface area contributed by atoms with Crippen LogP contribution in [0.1, 0.15) is 29.8 Å². The molecule has 1 saturated heterocycles. The van der Waals surface area contributed by atoms with Gasteiger partial charge in [-0.1, -0.05) is 0 Å². The number of carbonyl (C=O) groups is 1. The second-order valence-corrected chi connectivity index (χ2v) is 6.41. The number of aryl methyl sites for hydroxylation is 2. The average Bonchev–Trinajstić information content (AvgIpc) is 3.31. The Morgan fingerprint density at radius 1 is 1.35 bits per heavy atom. The molecule has 1 aliphatic heterocycles. The average molecular weight is 318 g/mol. The van der Waals surface area contributed by atoms with Gasteiger partial charge in [0.05, 0.1) is 12.2 Å². The van der Waals surface area contributed by atoms with E-state index < -0.39 is 0 Å². The minimum atomic E-state index is 0.218. The highest BCUT2D eigenvalue weighted by Gasteiger charge is 2.36. The third-order valence-corrected chi connectivity index (χ3v) is 4.84. The molecule has 23 heavy (non-hydrogen) atoms. The summed E-state index contributed by atoms with van der Waals surface area (Å²) in [6.45, 7) is 6.82. The standard InChI is InChI=1S/C16H26N6O/c1-11-14(12(2)20(4)19-11)9-18-16(17-3)21-7-8-22(13-5-6-13)15(23)10-21/h13H,5-10H2,1-4H3,(H,17,18). The number of hydrogen-bond donors (Lipinski definition) is 1. The van der Waals surface area contributed by atoms with Crippen LogP contribution in [0.2, 0.25) is 0 Å². The summed E-state index contributed by atoms with van der Waals surface area (Å²) >= 11 is 0. The van der Waals surface area contributed by atoms with Gasteiger partial charge in [0.15, 0.2) is 5.96 Å². The fourth-order valence-corrected chi connectivity index (χ4v) is 3.21. The molecule has 0 spiro atoms. The van der Waals surface area contributed by atoms with Gasteiger partial charge in [-0.3, -0.25) is 14.5 Å². The fraction of sp³-hybridized carbons (Fsp3) is 0.688. The maximum Gasteiger partial charge on any atom is 0.242 e. The molecular weight excluding hydrogens is 292 g/mol. The van der Waals surface area contributed by atoms with Crippen LogP contribution in [0, 0.1) is 13.8 Å². The molecule has 126 valence electrons. The van der Waals surface area contributed by atoms with E-state index in [0.717, 1.165) is 43.3 Å². The minimum Gasteiger partial charge on any atom is -0.352 e. The maximum atomic E-state index is 12.3. The van der Waals surface area contributed by atoms with E-state index in [-0.39, 0.29) is 5.91 Å². The van der Waals surface area contributed by atoms with E-state index in [4.69, 9.17) is 0 Å². The van der Waals surface area contributed by atoms with Crippen molar-refractivity contribution in [3.8, 4) is 0 Å². The first kappa shape index (κ1) is 15.8. The van der Waals surface area contributed by atoms with Crippen molar-refractivity contribution in [3.63, 3.8) is 0 Å². The van der Waals surface area contributed by atoms with Gasteiger partial charge in [0.2, 0.25) is 5.91 Å². The SMILES string of the molecule is CN=C(NCc1c(C)nn(C)c1C)N1CCN(C2CC2)C(=O)C1. The third-order valence-electron chi connectivity index (χ3n) is 4.84. The third kappa shape index (κ3) is 3.18. The second kappa shape index (κ2) is 6.22. The van der Waals surface area contributed by atoms with Crippen LogP contribution >= 0.6 is 0 Å². The summed E-state index contributed by atoms with van der Waals surface area (Å²) in [7, 11) is 3.72. The molecule has 1 aromatic heterocycles. The Labute approximate surface area is 137 Å². The quantitative estimate of drug-likeness (QED) is 0.648. The van der Waals surface area contributed by atoms with Gasteiger partial charge >= 0.3 is 0 Å². The van der Waals surface area contributed by atoms with E-state index in [2.05, 4.69) is 22.3 Å². The van der Waals surface area contributed by atoms with Gasteiger partial charge < -0.3 is 15.1 Å². The first-order chi connectivity index (χ1) is 11.0. The molecule has 1 saturated carbocycles. The van der Waals surface area contributed by atoms with E-state index in [0.29, 0.717) is 19.1 Å². The zero-order chi connectivity index (χ0) is 16.6. The topological polar surface area (TPSA) is 65.8 Å². The Bertz CT molecular complexity index is 631. The number of hydrogen-bond acceptors (Lipinski definition) is 3. The summed E-state index contributed by atoms with van der Waals surface area (Å²) in [5.41, 5.74) is 3.37. The lowest BCUT2D eigenvalue weighted by molar-refractivity contribution is -0.135. The van der Waals surface area contributed by atoms with Crippen molar-refractivity contribution in [2.45, 2.75) is 39.3 Å². The smallest absolute Gasteiger partial charge is 0.242 e. The molecule has 2 heterocycles. The van der Waals surface area contributed by atoms with Gasteiger partial charge in [0, 0.05) is 51.0 Å². The predicted octanol–water partition coefficient (Wildman–Crippen LogP) is 0.419. The van der Waals surface area contributed by atoms with Crippen LogP contribution in [0.25, 0.3) is 0 Å². The van der Waals surface area contributed by atoms with Crippen LogP contribution in [0.3, 0.4) is 0 Å². The second-order valence-electron chi connectivity index (χ2n) is 6.41. The number of aliphatic imine (C=N–C) groups is 1. The number of guanidine groups is 1. The maximum absolute atomic E-state index is 12.3. The van der Waals surface area contributed by atoms with E-state index in [1.54, 1.807) is 7.05 Å². The van der Waals surface area contributed by atoms with Crippen LogP contribution < -0.4 is 5.32 Å². The Morgan fingerprint density at radius 2 is 2.09 bits per heavy atom. The van der Waals surface area contributed by atoms with Crippen LogP contribution in [-0.2, 0) is 18.4 Å². The van der Waals surface area contributed by atoms with Gasteiger partial charge in [-0.2, -0.15) is 5.10 Å². The Kier molecular flexibility index (Phi) is 4.28. The van der Waals surface area contributed by atoms with Crippen molar-refractivity contribution in [2.75, 3.05) is 26.7 Å². The van der Waals surface area contributed by atoms with Crippen molar-refractivity contribution in [1.82, 2.24) is 24.9 Å². The van der Waals surface area contributed by atoms with Crippen molar-refractivity contribution in [2.24, 2.45) is 12.0 Å². The zero-order valence-corrected chi connectivity index (χ0v) is 14.5. The first-order valence-corrected chi connectivity index (χ1v) is 8.25. The molecule has 1 N–H and O–H groups in total. The number of piperazine rings is 1. The predicted molar refractivity (Wildman–Crippen MR) is 89.2 cm³/mol. The molecule has 2 fully saturated rings. The number of amides is 1.